The minimum atomic E-state index is -1.02. The Labute approximate surface area is 187 Å². The van der Waals surface area contributed by atoms with E-state index in [1.165, 1.54) is 0 Å². The lowest BCUT2D eigenvalue weighted by atomic mass is 9.49. The van der Waals surface area contributed by atoms with Gasteiger partial charge in [0.25, 0.3) is 5.91 Å². The van der Waals surface area contributed by atoms with E-state index in [0.29, 0.717) is 17.9 Å². The fourth-order valence-corrected chi connectivity index (χ4v) is 7.61. The van der Waals surface area contributed by atoms with Crippen molar-refractivity contribution >= 4 is 5.91 Å². The van der Waals surface area contributed by atoms with Crippen LogP contribution in [0, 0.1) is 6.92 Å². The number of phenols is 1. The number of aromatic nitrogens is 1. The number of piperidine rings is 1. The molecule has 3 aliphatic heterocycles. The molecule has 2 bridgehead atoms. The fourth-order valence-electron chi connectivity index (χ4n) is 7.61. The van der Waals surface area contributed by atoms with E-state index in [0.717, 1.165) is 73.3 Å². The van der Waals surface area contributed by atoms with Crippen molar-refractivity contribution in [3.8, 4) is 11.5 Å². The SMILES string of the molecule is Cc1c(C(=O)N2CCCC2)[nH]c2c1C[C@@]1(O)[C@@H]3Cc4ccc(O)c5c4[C@@]1(CCN3C)[C@H]2O5. The summed E-state index contributed by atoms with van der Waals surface area (Å²) in [4.78, 5) is 21.0. The molecule has 2 fully saturated rings. The van der Waals surface area contributed by atoms with Gasteiger partial charge in [-0.2, -0.15) is 0 Å². The Morgan fingerprint density at radius 3 is 2.81 bits per heavy atom. The number of nitrogens with zero attached hydrogens (tertiary/aromatic N) is 2. The number of nitrogens with one attached hydrogen (secondary N) is 1. The van der Waals surface area contributed by atoms with Crippen molar-refractivity contribution in [2.24, 2.45) is 0 Å². The molecule has 7 rings (SSSR count). The Hall–Kier alpha value is -2.51. The van der Waals surface area contributed by atoms with Gasteiger partial charge < -0.3 is 29.7 Å². The number of benzene rings is 1. The zero-order valence-electron chi connectivity index (χ0n) is 18.6. The van der Waals surface area contributed by atoms with E-state index in [-0.39, 0.29) is 17.7 Å². The van der Waals surface area contributed by atoms with Gasteiger partial charge in [0.05, 0.1) is 16.7 Å². The highest BCUT2D eigenvalue weighted by Gasteiger charge is 2.72. The van der Waals surface area contributed by atoms with Crippen molar-refractivity contribution in [3.05, 3.63) is 45.8 Å². The number of phenolic OH excluding ortho intramolecular Hbond substituents is 1. The number of hydrogen-bond acceptors (Lipinski definition) is 5. The first-order valence-electron chi connectivity index (χ1n) is 11.8. The molecular formula is C25H29N3O4. The van der Waals surface area contributed by atoms with Gasteiger partial charge in [-0.25, -0.2) is 0 Å². The van der Waals surface area contributed by atoms with E-state index < -0.39 is 17.1 Å². The van der Waals surface area contributed by atoms with E-state index in [1.807, 2.05) is 17.9 Å². The first kappa shape index (κ1) is 19.0. The van der Waals surface area contributed by atoms with E-state index in [9.17, 15) is 15.0 Å². The summed E-state index contributed by atoms with van der Waals surface area (Å²) in [5, 5.41) is 23.2. The second kappa shape index (κ2) is 5.88. The minimum absolute atomic E-state index is 0.0365. The van der Waals surface area contributed by atoms with Crippen molar-refractivity contribution in [1.29, 1.82) is 0 Å². The number of rotatable bonds is 1. The highest BCUT2D eigenvalue weighted by Crippen LogP contribution is 2.68. The van der Waals surface area contributed by atoms with Crippen LogP contribution in [0.3, 0.4) is 0 Å². The molecule has 0 radical (unpaired) electrons. The van der Waals surface area contributed by atoms with Gasteiger partial charge in [0, 0.05) is 31.1 Å². The summed E-state index contributed by atoms with van der Waals surface area (Å²) in [5.41, 5.74) is 3.96. The molecule has 1 aromatic carbocycles. The number of carbonyl (C=O) groups is 1. The van der Waals surface area contributed by atoms with Crippen LogP contribution in [0.1, 0.15) is 63.8 Å². The number of aliphatic hydroxyl groups is 1. The molecular weight excluding hydrogens is 406 g/mol. The average Bonchev–Trinajstić information content (AvgIpc) is 3.48. The van der Waals surface area contributed by atoms with E-state index in [4.69, 9.17) is 4.74 Å². The lowest BCUT2D eigenvalue weighted by Crippen LogP contribution is -2.73. The van der Waals surface area contributed by atoms with Gasteiger partial charge in [0.1, 0.15) is 5.69 Å². The molecule has 2 aromatic rings. The smallest absolute Gasteiger partial charge is 0.270 e. The number of likely N-dealkylation sites (tertiary alicyclic amines) is 2. The maximum atomic E-state index is 13.3. The molecule has 7 heteroatoms. The van der Waals surface area contributed by atoms with Gasteiger partial charge in [-0.15, -0.1) is 0 Å². The number of aromatic hydroxyl groups is 1. The third-order valence-corrected chi connectivity index (χ3v) is 9.21. The Morgan fingerprint density at radius 2 is 2.03 bits per heavy atom. The summed E-state index contributed by atoms with van der Waals surface area (Å²) < 4.78 is 6.53. The largest absolute Gasteiger partial charge is 0.504 e. The van der Waals surface area contributed by atoms with Gasteiger partial charge in [0.15, 0.2) is 17.6 Å². The molecule has 32 heavy (non-hydrogen) atoms. The maximum Gasteiger partial charge on any atom is 0.270 e. The standard InChI is InChI=1S/C25H29N3O4/c1-13-15-12-25(31)17-11-14-5-6-16(29)21-18(14)24(25,7-10-27(17)2)22(32-21)20(15)26-19(13)23(30)28-8-3-4-9-28/h5-6,17,22,26,29,31H,3-4,7-12H2,1-2H3/t17-,22-,24-,25+/m0/s1. The lowest BCUT2D eigenvalue weighted by molar-refractivity contribution is -0.167. The molecule has 168 valence electrons. The third-order valence-electron chi connectivity index (χ3n) is 9.21. The Morgan fingerprint density at radius 1 is 1.25 bits per heavy atom. The van der Waals surface area contributed by atoms with Crippen LogP contribution in [0.2, 0.25) is 0 Å². The number of hydrogen-bond donors (Lipinski definition) is 3. The number of aromatic amines is 1. The third kappa shape index (κ3) is 1.95. The molecule has 1 aromatic heterocycles. The maximum absolute atomic E-state index is 13.3. The number of ether oxygens (including phenoxy) is 1. The van der Waals surface area contributed by atoms with Gasteiger partial charge >= 0.3 is 0 Å². The summed E-state index contributed by atoms with van der Waals surface area (Å²) in [6.45, 7) is 4.44. The van der Waals surface area contributed by atoms with Crippen molar-refractivity contribution in [2.45, 2.75) is 62.2 Å². The number of likely N-dealkylation sites (N-methyl/N-ethyl adjacent to an activating group) is 1. The van der Waals surface area contributed by atoms with Crippen LogP contribution in [0.5, 0.6) is 11.5 Å². The first-order valence-corrected chi connectivity index (χ1v) is 11.8. The number of carbonyl (C=O) groups excluding carboxylic acids is 1. The molecule has 1 amide bonds. The molecule has 5 aliphatic rings. The summed E-state index contributed by atoms with van der Waals surface area (Å²) >= 11 is 0. The predicted molar refractivity (Wildman–Crippen MR) is 117 cm³/mol. The summed E-state index contributed by atoms with van der Waals surface area (Å²) in [6, 6.07) is 3.67. The van der Waals surface area contributed by atoms with Crippen LogP contribution >= 0.6 is 0 Å². The van der Waals surface area contributed by atoms with Gasteiger partial charge in [-0.05, 0) is 69.0 Å². The van der Waals surface area contributed by atoms with Crippen molar-refractivity contribution in [2.75, 3.05) is 26.7 Å². The molecule has 2 aliphatic carbocycles. The second-order valence-corrected chi connectivity index (χ2v) is 10.5. The van der Waals surface area contributed by atoms with Crippen LogP contribution in [0.15, 0.2) is 12.1 Å². The molecule has 3 N–H and O–H groups in total. The highest BCUT2D eigenvalue weighted by atomic mass is 16.5. The topological polar surface area (TPSA) is 89.0 Å². The zero-order chi connectivity index (χ0) is 22.0. The molecule has 4 atom stereocenters. The molecule has 2 saturated heterocycles. The van der Waals surface area contributed by atoms with Crippen LogP contribution in [-0.4, -0.2) is 69.2 Å². The molecule has 0 unspecified atom stereocenters. The van der Waals surface area contributed by atoms with E-state index in [1.54, 1.807) is 6.07 Å². The normalized spacial score (nSPS) is 34.3. The summed E-state index contributed by atoms with van der Waals surface area (Å²) in [6.07, 6.45) is 3.62. The Bertz CT molecular complexity index is 1180. The summed E-state index contributed by atoms with van der Waals surface area (Å²) in [5.74, 6) is 0.688. The Balaban J connectivity index is 1.46. The van der Waals surface area contributed by atoms with Crippen LogP contribution in [0.25, 0.3) is 0 Å². The number of fused-ring (bicyclic) bond motifs is 2. The van der Waals surface area contributed by atoms with Crippen molar-refractivity contribution in [3.63, 3.8) is 0 Å². The minimum Gasteiger partial charge on any atom is -0.504 e. The van der Waals surface area contributed by atoms with Crippen LogP contribution in [-0.2, 0) is 18.3 Å². The monoisotopic (exact) mass is 435 g/mol. The number of amides is 1. The van der Waals surface area contributed by atoms with Gasteiger partial charge in [-0.1, -0.05) is 6.07 Å². The quantitative estimate of drug-likeness (QED) is 0.639. The van der Waals surface area contributed by atoms with Crippen molar-refractivity contribution in [1.82, 2.24) is 14.8 Å². The van der Waals surface area contributed by atoms with E-state index >= 15 is 0 Å². The van der Waals surface area contributed by atoms with Crippen molar-refractivity contribution < 1.29 is 19.7 Å². The zero-order valence-corrected chi connectivity index (χ0v) is 18.6. The predicted octanol–water partition coefficient (Wildman–Crippen LogP) is 2.18. The first-order chi connectivity index (χ1) is 15.4. The van der Waals surface area contributed by atoms with Crippen LogP contribution < -0.4 is 4.74 Å². The second-order valence-electron chi connectivity index (χ2n) is 10.5. The lowest BCUT2D eigenvalue weighted by Gasteiger charge is -2.62. The van der Waals surface area contributed by atoms with Gasteiger partial charge in [-0.3, -0.25) is 4.79 Å². The van der Waals surface area contributed by atoms with Crippen LogP contribution in [0.4, 0.5) is 0 Å². The summed E-state index contributed by atoms with van der Waals surface area (Å²) in [7, 11) is 2.09. The molecule has 0 saturated carbocycles. The average molecular weight is 436 g/mol. The molecule has 1 spiro atoms. The Kier molecular flexibility index (Phi) is 3.49. The molecule has 4 heterocycles. The van der Waals surface area contributed by atoms with E-state index in [2.05, 4.69) is 16.9 Å². The number of H-pyrrole nitrogens is 1. The highest BCUT2D eigenvalue weighted by molar-refractivity contribution is 5.95. The van der Waals surface area contributed by atoms with Gasteiger partial charge in [0.2, 0.25) is 0 Å². The molecule has 7 nitrogen and oxygen atoms in total. The fraction of sp³-hybridized carbons (Fsp3) is 0.560.